The van der Waals surface area contributed by atoms with Gasteiger partial charge in [0.15, 0.2) is 5.71 Å². The Bertz CT molecular complexity index is 1650. The Labute approximate surface area is 236 Å². The summed E-state index contributed by atoms with van der Waals surface area (Å²) in [5.74, 6) is -0.319. The zero-order valence-electron chi connectivity index (χ0n) is 23.3. The van der Waals surface area contributed by atoms with Crippen LogP contribution in [0, 0.1) is 0 Å². The Morgan fingerprint density at radius 1 is 0.949 bits per heavy atom. The molecule has 0 amide bonds. The molecule has 0 radical (unpaired) electrons. The molecule has 0 atom stereocenters. The maximum absolute atomic E-state index is 11.1. The van der Waals surface area contributed by atoms with Gasteiger partial charge in [0.1, 0.15) is 12.0 Å². The van der Waals surface area contributed by atoms with Crippen molar-refractivity contribution in [3.05, 3.63) is 95.7 Å². The first-order valence-corrected chi connectivity index (χ1v) is 15.8. The van der Waals surface area contributed by atoms with Gasteiger partial charge in [-0.2, -0.15) is 4.58 Å². The quantitative estimate of drug-likeness (QED) is 0.128. The molecule has 0 spiro atoms. The fraction of sp³-hybridized carbons (Fsp3) is 0.344. The normalized spacial score (nSPS) is 19.2. The zero-order chi connectivity index (χ0) is 28.0. The number of allylic oxidation sites excluding steroid dienone is 6. The van der Waals surface area contributed by atoms with Crippen molar-refractivity contribution < 1.29 is 17.5 Å². The molecule has 2 aliphatic heterocycles. The topological polar surface area (TPSA) is 63.5 Å². The molecular weight excluding hydrogens is 524 g/mol. The number of nitrogens with zero attached hydrogens (tertiary/aromatic N) is 2. The molecule has 0 saturated heterocycles. The molecule has 5 nitrogen and oxygen atoms in total. The second-order valence-electron chi connectivity index (χ2n) is 11.4. The van der Waals surface area contributed by atoms with Crippen LogP contribution in [0.15, 0.2) is 84.6 Å². The van der Waals surface area contributed by atoms with Crippen LogP contribution in [-0.4, -0.2) is 42.6 Å². The van der Waals surface area contributed by atoms with Crippen molar-refractivity contribution >= 4 is 47.9 Å². The number of anilines is 1. The minimum atomic E-state index is -4.20. The Hall–Kier alpha value is -3.00. The first-order valence-electron chi connectivity index (χ1n) is 13.4. The minimum Gasteiger partial charge on any atom is -0.748 e. The van der Waals surface area contributed by atoms with E-state index in [1.807, 2.05) is 0 Å². The van der Waals surface area contributed by atoms with Crippen LogP contribution < -0.4 is 4.90 Å². The first-order chi connectivity index (χ1) is 18.4. The molecule has 0 unspecified atom stereocenters. The smallest absolute Gasteiger partial charge is 0.209 e. The van der Waals surface area contributed by atoms with Crippen LogP contribution in [0.25, 0.3) is 10.1 Å². The number of hydrogen-bond acceptors (Lipinski definition) is 5. The van der Waals surface area contributed by atoms with E-state index in [0.29, 0.717) is 19.4 Å². The average molecular weight is 561 g/mol. The second-order valence-corrected chi connectivity index (χ2v) is 14.0. The van der Waals surface area contributed by atoms with Crippen molar-refractivity contribution in [2.45, 2.75) is 51.4 Å². The predicted octanol–water partition coefficient (Wildman–Crippen LogP) is 7.03. The fourth-order valence-electron chi connectivity index (χ4n) is 6.13. The molecule has 3 aromatic rings. The molecular formula is C32H36N2O3S2. The number of fused-ring (bicyclic) bond motifs is 4. The van der Waals surface area contributed by atoms with Gasteiger partial charge in [0.05, 0.1) is 15.5 Å². The average Bonchev–Trinajstić information content (AvgIpc) is 3.42. The Morgan fingerprint density at radius 2 is 1.67 bits per heavy atom. The van der Waals surface area contributed by atoms with E-state index in [0.717, 1.165) is 0 Å². The molecule has 7 heteroatoms. The molecule has 1 aromatic heterocycles. The highest BCUT2D eigenvalue weighted by molar-refractivity contribution is 7.85. The molecule has 5 rings (SSSR count). The highest BCUT2D eigenvalue weighted by Crippen LogP contribution is 2.55. The summed E-state index contributed by atoms with van der Waals surface area (Å²) in [7, 11) is -2.08. The van der Waals surface area contributed by atoms with Crippen molar-refractivity contribution in [1.82, 2.24) is 0 Å². The molecule has 204 valence electrons. The van der Waals surface area contributed by atoms with Gasteiger partial charge in [-0.15, -0.1) is 11.3 Å². The van der Waals surface area contributed by atoms with Crippen molar-refractivity contribution in [2.75, 3.05) is 24.2 Å². The SMILES string of the molecule is C[N+]1=C(/C=C/C=C/C=C2\N(CCCCS(=O)(=O)[O-])c3sc4ccccc4c3C2(C)C)C(C)(C)c2ccccc21. The van der Waals surface area contributed by atoms with Gasteiger partial charge in [0, 0.05) is 51.4 Å². The van der Waals surface area contributed by atoms with E-state index in [9.17, 15) is 13.0 Å². The van der Waals surface area contributed by atoms with Crippen molar-refractivity contribution in [3.63, 3.8) is 0 Å². The standard InChI is InChI=1S/C32H36N2O3S2/c1-31(2)24-16-10-11-17-25(24)33(5)27(31)19-7-6-8-20-28-32(3,4)29-23-15-9-12-18-26(23)38-30(29)34(28)21-13-14-22-39(35,36)37/h6-12,15-20H,13-14,21-22H2,1-5H3. The van der Waals surface area contributed by atoms with Gasteiger partial charge in [-0.3, -0.25) is 0 Å². The lowest BCUT2D eigenvalue weighted by molar-refractivity contribution is -0.401. The summed E-state index contributed by atoms with van der Waals surface area (Å²) in [5.41, 5.74) is 6.07. The Balaban J connectivity index is 1.42. The van der Waals surface area contributed by atoms with Crippen molar-refractivity contribution in [1.29, 1.82) is 0 Å². The number of unbranched alkanes of at least 4 members (excludes halogenated alkanes) is 1. The summed E-state index contributed by atoms with van der Waals surface area (Å²) in [5, 5.41) is 2.48. The Kier molecular flexibility index (Phi) is 7.20. The largest absolute Gasteiger partial charge is 0.748 e. The predicted molar refractivity (Wildman–Crippen MR) is 163 cm³/mol. The Morgan fingerprint density at radius 3 is 2.41 bits per heavy atom. The molecule has 0 bridgehead atoms. The number of hydrogen-bond donors (Lipinski definition) is 0. The summed E-state index contributed by atoms with van der Waals surface area (Å²) in [6.07, 6.45) is 11.6. The lowest BCUT2D eigenvalue weighted by Crippen LogP contribution is -2.27. The molecule has 2 aromatic carbocycles. The van der Waals surface area contributed by atoms with E-state index in [1.54, 1.807) is 11.3 Å². The van der Waals surface area contributed by atoms with Crippen LogP contribution in [0.5, 0.6) is 0 Å². The van der Waals surface area contributed by atoms with Gasteiger partial charge in [-0.1, -0.05) is 68.5 Å². The molecule has 0 saturated carbocycles. The first kappa shape index (κ1) is 27.6. The van der Waals surface area contributed by atoms with Crippen LogP contribution >= 0.6 is 11.3 Å². The summed E-state index contributed by atoms with van der Waals surface area (Å²) >= 11 is 1.78. The van der Waals surface area contributed by atoms with Gasteiger partial charge in [-0.05, 0) is 44.2 Å². The third kappa shape index (κ3) is 5.04. The lowest BCUT2D eigenvalue weighted by atomic mass is 9.81. The van der Waals surface area contributed by atoms with E-state index >= 15 is 0 Å². The number of benzene rings is 2. The van der Waals surface area contributed by atoms with Crippen LogP contribution in [0.4, 0.5) is 10.7 Å². The maximum atomic E-state index is 11.1. The van der Waals surface area contributed by atoms with E-state index in [4.69, 9.17) is 0 Å². The molecule has 2 aliphatic rings. The summed E-state index contributed by atoms with van der Waals surface area (Å²) in [6.45, 7) is 9.71. The molecule has 0 fully saturated rings. The van der Waals surface area contributed by atoms with E-state index < -0.39 is 10.1 Å². The fourth-order valence-corrected chi connectivity index (χ4v) is 8.09. The van der Waals surface area contributed by atoms with Gasteiger partial charge < -0.3 is 9.45 Å². The molecule has 3 heterocycles. The van der Waals surface area contributed by atoms with Crippen LogP contribution in [-0.2, 0) is 20.9 Å². The number of rotatable bonds is 8. The summed E-state index contributed by atoms with van der Waals surface area (Å²) in [6, 6.07) is 17.1. The minimum absolute atomic E-state index is 0.0642. The summed E-state index contributed by atoms with van der Waals surface area (Å²) < 4.78 is 36.9. The lowest BCUT2D eigenvalue weighted by Gasteiger charge is -2.27. The number of para-hydroxylation sites is 1. The maximum Gasteiger partial charge on any atom is 0.209 e. The molecule has 39 heavy (non-hydrogen) atoms. The van der Waals surface area contributed by atoms with E-state index in [2.05, 4.69) is 123 Å². The van der Waals surface area contributed by atoms with Gasteiger partial charge in [0.2, 0.25) is 5.69 Å². The molecule has 0 aliphatic carbocycles. The van der Waals surface area contributed by atoms with Gasteiger partial charge in [-0.25, -0.2) is 8.42 Å². The van der Waals surface area contributed by atoms with Crippen LogP contribution in [0.3, 0.4) is 0 Å². The third-order valence-electron chi connectivity index (χ3n) is 8.08. The van der Waals surface area contributed by atoms with Gasteiger partial charge >= 0.3 is 0 Å². The highest BCUT2D eigenvalue weighted by Gasteiger charge is 2.43. The highest BCUT2D eigenvalue weighted by atomic mass is 32.2. The van der Waals surface area contributed by atoms with Crippen molar-refractivity contribution in [3.8, 4) is 0 Å². The molecule has 0 N–H and O–H groups in total. The van der Waals surface area contributed by atoms with E-state index in [-0.39, 0.29) is 16.6 Å². The van der Waals surface area contributed by atoms with Gasteiger partial charge in [0.25, 0.3) is 0 Å². The second kappa shape index (κ2) is 10.2. The van der Waals surface area contributed by atoms with E-state index in [1.165, 1.54) is 43.3 Å². The van der Waals surface area contributed by atoms with Crippen LogP contribution in [0.2, 0.25) is 0 Å². The monoisotopic (exact) mass is 560 g/mol. The third-order valence-corrected chi connectivity index (χ3v) is 10.1. The van der Waals surface area contributed by atoms with Crippen LogP contribution in [0.1, 0.15) is 51.7 Å². The summed E-state index contributed by atoms with van der Waals surface area (Å²) in [4.78, 5) is 2.32. The number of thiophene rings is 1. The van der Waals surface area contributed by atoms with Crippen molar-refractivity contribution in [2.24, 2.45) is 0 Å². The zero-order valence-corrected chi connectivity index (χ0v) is 24.9.